The van der Waals surface area contributed by atoms with E-state index in [1.165, 1.54) is 14.0 Å². The molecule has 1 unspecified atom stereocenters. The molecule has 4 rings (SSSR count). The molecule has 8 heteroatoms. The van der Waals surface area contributed by atoms with Crippen molar-refractivity contribution in [1.29, 1.82) is 0 Å². The summed E-state index contributed by atoms with van der Waals surface area (Å²) in [6.07, 6.45) is 3.96. The number of benzene rings is 3. The van der Waals surface area contributed by atoms with Crippen LogP contribution in [0.25, 0.3) is 23.1 Å². The fourth-order valence-electron chi connectivity index (χ4n) is 3.93. The Hall–Kier alpha value is -4.72. The number of primary amides is 1. The normalized spacial score (nSPS) is 11.9. The van der Waals surface area contributed by atoms with Gasteiger partial charge in [0.2, 0.25) is 5.91 Å². The minimum Gasteiger partial charge on any atom is -0.495 e. The van der Waals surface area contributed by atoms with Gasteiger partial charge in [-0.15, -0.1) is 0 Å². The lowest BCUT2D eigenvalue weighted by atomic mass is 10.0. The van der Waals surface area contributed by atoms with Gasteiger partial charge < -0.3 is 15.8 Å². The monoisotopic (exact) mass is 482 g/mol. The molecule has 36 heavy (non-hydrogen) atoms. The topological polar surface area (TPSA) is 127 Å². The summed E-state index contributed by atoms with van der Waals surface area (Å²) in [6, 6.07) is 19.0. The quantitative estimate of drug-likeness (QED) is 0.313. The maximum Gasteiger partial charge on any atom is 0.255 e. The van der Waals surface area contributed by atoms with Crippen molar-refractivity contribution in [3.63, 3.8) is 0 Å². The van der Waals surface area contributed by atoms with Crippen LogP contribution in [0.3, 0.4) is 0 Å². The van der Waals surface area contributed by atoms with E-state index in [2.05, 4.69) is 15.5 Å². The van der Waals surface area contributed by atoms with Gasteiger partial charge >= 0.3 is 0 Å². The lowest BCUT2D eigenvalue weighted by Crippen LogP contribution is -2.45. The van der Waals surface area contributed by atoms with Gasteiger partial charge in [0.1, 0.15) is 11.8 Å². The molecule has 0 aliphatic heterocycles. The van der Waals surface area contributed by atoms with Gasteiger partial charge in [-0.25, -0.2) is 0 Å². The number of H-pyrrole nitrogens is 1. The summed E-state index contributed by atoms with van der Waals surface area (Å²) >= 11 is 0. The first-order valence-electron chi connectivity index (χ1n) is 11.4. The summed E-state index contributed by atoms with van der Waals surface area (Å²) in [5.41, 5.74) is 9.49. The molecule has 4 N–H and O–H groups in total. The molecule has 2 amide bonds. The first-order chi connectivity index (χ1) is 17.4. The van der Waals surface area contributed by atoms with E-state index in [0.717, 1.165) is 11.1 Å². The van der Waals surface area contributed by atoms with E-state index >= 15 is 0 Å². The molecule has 1 atom stereocenters. The number of carbonyl (C=O) groups excluding carboxylic acids is 3. The number of methoxy groups -OCH3 is 1. The molecule has 8 nitrogen and oxygen atoms in total. The largest absolute Gasteiger partial charge is 0.495 e. The van der Waals surface area contributed by atoms with Crippen molar-refractivity contribution in [3.05, 3.63) is 94.7 Å². The van der Waals surface area contributed by atoms with E-state index in [-0.39, 0.29) is 17.8 Å². The van der Waals surface area contributed by atoms with Gasteiger partial charge in [-0.2, -0.15) is 5.10 Å². The summed E-state index contributed by atoms with van der Waals surface area (Å²) < 4.78 is 5.62. The zero-order valence-electron chi connectivity index (χ0n) is 19.9. The number of nitrogens with two attached hydrogens (primary N) is 1. The van der Waals surface area contributed by atoms with Gasteiger partial charge in [-0.3, -0.25) is 19.5 Å². The molecule has 0 aliphatic rings. The molecule has 182 valence electrons. The van der Waals surface area contributed by atoms with Crippen molar-refractivity contribution >= 4 is 40.7 Å². The standard InChI is InChI=1S/C28H26N4O4/c1-17(33)20-11-8-18(9-12-20)10-14-22-25-23(32-31-22)15-13-21(26(25)36-2)28(35)30-24(27(29)34)16-19-6-4-3-5-7-19/h3-15,24H,16H2,1-2H3,(H2,29,34)(H,30,35)(H,31,32)/b14-10+. The Balaban J connectivity index is 1.62. The molecule has 0 radical (unpaired) electrons. The van der Waals surface area contributed by atoms with Crippen molar-refractivity contribution in [2.75, 3.05) is 7.11 Å². The van der Waals surface area contributed by atoms with Crippen LogP contribution < -0.4 is 15.8 Å². The van der Waals surface area contributed by atoms with Crippen molar-refractivity contribution in [2.24, 2.45) is 5.73 Å². The lowest BCUT2D eigenvalue weighted by Gasteiger charge is -2.17. The highest BCUT2D eigenvalue weighted by Gasteiger charge is 2.24. The van der Waals surface area contributed by atoms with E-state index < -0.39 is 17.9 Å². The molecule has 0 fully saturated rings. The van der Waals surface area contributed by atoms with Gasteiger partial charge in [-0.05, 0) is 36.3 Å². The van der Waals surface area contributed by atoms with E-state index in [9.17, 15) is 14.4 Å². The minimum absolute atomic E-state index is 0.00276. The van der Waals surface area contributed by atoms with Crippen molar-refractivity contribution in [2.45, 2.75) is 19.4 Å². The third kappa shape index (κ3) is 5.33. The zero-order chi connectivity index (χ0) is 25.7. The Morgan fingerprint density at radius 3 is 2.39 bits per heavy atom. The van der Waals surface area contributed by atoms with Gasteiger partial charge in [-0.1, -0.05) is 60.7 Å². The fourth-order valence-corrected chi connectivity index (χ4v) is 3.93. The van der Waals surface area contributed by atoms with Crippen LogP contribution in [0, 0.1) is 0 Å². The van der Waals surface area contributed by atoms with Crippen molar-refractivity contribution in [1.82, 2.24) is 15.5 Å². The molecule has 4 aromatic rings. The van der Waals surface area contributed by atoms with Gasteiger partial charge in [0, 0.05) is 12.0 Å². The number of ketones is 1. The summed E-state index contributed by atoms with van der Waals surface area (Å²) in [4.78, 5) is 36.8. The molecule has 1 heterocycles. The molecule has 3 aromatic carbocycles. The van der Waals surface area contributed by atoms with Crippen LogP contribution >= 0.6 is 0 Å². The van der Waals surface area contributed by atoms with Gasteiger partial charge in [0.15, 0.2) is 5.78 Å². The zero-order valence-corrected chi connectivity index (χ0v) is 19.9. The fraction of sp³-hybridized carbons (Fsp3) is 0.143. The van der Waals surface area contributed by atoms with Crippen LogP contribution in [0.15, 0.2) is 66.7 Å². The van der Waals surface area contributed by atoms with Crippen molar-refractivity contribution in [3.8, 4) is 5.75 Å². The summed E-state index contributed by atoms with van der Waals surface area (Å²) in [7, 11) is 1.47. The number of nitrogens with zero attached hydrogens (tertiary/aromatic N) is 1. The highest BCUT2D eigenvalue weighted by atomic mass is 16.5. The molecule has 1 aromatic heterocycles. The number of Topliss-reactive ketones (excluding diaryl/α,β-unsaturated/α-hetero) is 1. The molecule has 0 aliphatic carbocycles. The van der Waals surface area contributed by atoms with Crippen molar-refractivity contribution < 1.29 is 19.1 Å². The van der Waals surface area contributed by atoms with Crippen LogP contribution in [-0.4, -0.2) is 40.9 Å². The summed E-state index contributed by atoms with van der Waals surface area (Å²) in [5.74, 6) is -0.782. The number of hydrogen-bond acceptors (Lipinski definition) is 5. The van der Waals surface area contributed by atoms with Gasteiger partial charge in [0.25, 0.3) is 5.91 Å². The second-order valence-corrected chi connectivity index (χ2v) is 8.31. The van der Waals surface area contributed by atoms with E-state index in [1.54, 1.807) is 24.3 Å². The number of aromatic amines is 1. The third-order valence-electron chi connectivity index (χ3n) is 5.84. The number of ether oxygens (including phenoxy) is 1. The Morgan fingerprint density at radius 1 is 1.03 bits per heavy atom. The number of rotatable bonds is 9. The number of aromatic nitrogens is 2. The Bertz CT molecular complexity index is 1440. The molecule has 0 bridgehead atoms. The maximum atomic E-state index is 13.2. The Kier molecular flexibility index (Phi) is 7.25. The predicted molar refractivity (Wildman–Crippen MR) is 139 cm³/mol. The first-order valence-corrected chi connectivity index (χ1v) is 11.4. The number of nitrogens with one attached hydrogen (secondary N) is 2. The second kappa shape index (κ2) is 10.7. The Labute approximate surface area is 208 Å². The molecule has 0 spiro atoms. The predicted octanol–water partition coefficient (Wildman–Crippen LogP) is 3.77. The minimum atomic E-state index is -0.887. The highest BCUT2D eigenvalue weighted by Crippen LogP contribution is 2.32. The van der Waals surface area contributed by atoms with Crippen LogP contribution in [0.4, 0.5) is 0 Å². The number of fused-ring (bicyclic) bond motifs is 1. The molecular formula is C28H26N4O4. The first kappa shape index (κ1) is 24.4. The van der Waals surface area contributed by atoms with Gasteiger partial charge in [0.05, 0.1) is 29.3 Å². The Morgan fingerprint density at radius 2 is 1.75 bits per heavy atom. The molecule has 0 saturated carbocycles. The lowest BCUT2D eigenvalue weighted by molar-refractivity contribution is -0.119. The SMILES string of the molecule is COc1c(C(=O)NC(Cc2ccccc2)C(N)=O)ccc2n[nH]c(/C=C/c3ccc(C(C)=O)cc3)c12. The third-order valence-corrected chi connectivity index (χ3v) is 5.84. The number of hydrogen-bond donors (Lipinski definition) is 3. The summed E-state index contributed by atoms with van der Waals surface area (Å²) in [5, 5.41) is 10.6. The molecular weight excluding hydrogens is 456 g/mol. The highest BCUT2D eigenvalue weighted by molar-refractivity contribution is 6.06. The average Bonchev–Trinajstić information content (AvgIpc) is 3.30. The number of amides is 2. The van der Waals surface area contributed by atoms with Crippen LogP contribution in [-0.2, 0) is 11.2 Å². The number of carbonyl (C=O) groups is 3. The second-order valence-electron chi connectivity index (χ2n) is 8.31. The van der Waals surface area contributed by atoms with Crippen LogP contribution in [0.1, 0.15) is 44.5 Å². The average molecular weight is 483 g/mol. The van der Waals surface area contributed by atoms with E-state index in [1.807, 2.05) is 54.6 Å². The maximum absolute atomic E-state index is 13.2. The molecule has 0 saturated heterocycles. The smallest absolute Gasteiger partial charge is 0.255 e. The van der Waals surface area contributed by atoms with E-state index in [0.29, 0.717) is 27.9 Å². The van der Waals surface area contributed by atoms with E-state index in [4.69, 9.17) is 10.5 Å². The van der Waals surface area contributed by atoms with Crippen LogP contribution in [0.2, 0.25) is 0 Å². The van der Waals surface area contributed by atoms with Crippen LogP contribution in [0.5, 0.6) is 5.75 Å². The summed E-state index contributed by atoms with van der Waals surface area (Å²) in [6.45, 7) is 1.52.